The van der Waals surface area contributed by atoms with E-state index in [4.69, 9.17) is 5.73 Å². The van der Waals surface area contributed by atoms with E-state index in [0.29, 0.717) is 17.7 Å². The van der Waals surface area contributed by atoms with E-state index in [-0.39, 0.29) is 17.5 Å². The third-order valence-electron chi connectivity index (χ3n) is 5.43. The zero-order valence-corrected chi connectivity index (χ0v) is 16.3. The minimum absolute atomic E-state index is 0.147. The van der Waals surface area contributed by atoms with Crippen LogP contribution in [-0.4, -0.2) is 20.8 Å². The highest BCUT2D eigenvalue weighted by Crippen LogP contribution is 2.45. The van der Waals surface area contributed by atoms with Crippen LogP contribution in [0, 0.1) is 5.82 Å². The lowest BCUT2D eigenvalue weighted by atomic mass is 9.90. The second-order valence-electron chi connectivity index (χ2n) is 7.49. The van der Waals surface area contributed by atoms with Crippen LogP contribution in [0.3, 0.4) is 0 Å². The molecule has 1 aliphatic heterocycles. The van der Waals surface area contributed by atoms with Gasteiger partial charge in [-0.05, 0) is 40.3 Å². The molecule has 4 N–H and O–H groups in total. The predicted octanol–water partition coefficient (Wildman–Crippen LogP) is 3.84. The molecule has 6 nitrogen and oxygen atoms in total. The molecule has 0 bridgehead atoms. The monoisotopic (exact) mass is 401 g/mol. The number of aryl methyl sites for hydroxylation is 1. The molecule has 1 unspecified atom stereocenters. The number of nitrogens with two attached hydrogens (primary N) is 1. The topological polar surface area (TPSA) is 88.5 Å². The van der Waals surface area contributed by atoms with Crippen molar-refractivity contribution in [2.75, 3.05) is 5.32 Å². The Bertz CT molecular complexity index is 1290. The maximum Gasteiger partial charge on any atom is 0.194 e. The molecule has 5 rings (SSSR count). The highest BCUT2D eigenvalue weighted by Gasteiger charge is 2.27. The van der Waals surface area contributed by atoms with Gasteiger partial charge in [0.2, 0.25) is 0 Å². The first kappa shape index (κ1) is 18.2. The van der Waals surface area contributed by atoms with E-state index in [1.165, 1.54) is 12.1 Å². The lowest BCUT2D eigenvalue weighted by molar-refractivity contribution is 0.472. The molecule has 0 amide bonds. The number of benzene rings is 3. The minimum atomic E-state index is -0.520. The fraction of sp³-hybridized carbons (Fsp3) is 0.130. The van der Waals surface area contributed by atoms with Crippen LogP contribution in [0.1, 0.15) is 28.3 Å². The Morgan fingerprint density at radius 1 is 1.17 bits per heavy atom. The lowest BCUT2D eigenvalue weighted by Gasteiger charge is -2.26. The van der Waals surface area contributed by atoms with Gasteiger partial charge in [-0.15, -0.1) is 0 Å². The molecule has 0 spiro atoms. The molecule has 7 heteroatoms. The molecule has 0 aliphatic carbocycles. The fourth-order valence-electron chi connectivity index (χ4n) is 4.06. The second kappa shape index (κ2) is 6.88. The summed E-state index contributed by atoms with van der Waals surface area (Å²) in [6.45, 7) is 0. The Morgan fingerprint density at radius 3 is 2.70 bits per heavy atom. The van der Waals surface area contributed by atoms with Crippen molar-refractivity contribution in [3.05, 3.63) is 89.0 Å². The number of phenols is 1. The summed E-state index contributed by atoms with van der Waals surface area (Å²) >= 11 is 0. The van der Waals surface area contributed by atoms with Crippen molar-refractivity contribution in [2.45, 2.75) is 12.5 Å². The Hall–Kier alpha value is -3.87. The molecule has 3 aromatic carbocycles. The zero-order valence-electron chi connectivity index (χ0n) is 16.3. The molecule has 150 valence electrons. The van der Waals surface area contributed by atoms with E-state index in [9.17, 15) is 9.50 Å². The molecule has 1 aromatic heterocycles. The maximum absolute atomic E-state index is 13.4. The van der Waals surface area contributed by atoms with E-state index in [1.807, 2.05) is 43.7 Å². The average Bonchev–Trinajstić information content (AvgIpc) is 3.13. The van der Waals surface area contributed by atoms with Gasteiger partial charge in [-0.1, -0.05) is 30.3 Å². The number of hydrogen-bond donors (Lipinski definition) is 3. The molecule has 0 fully saturated rings. The summed E-state index contributed by atoms with van der Waals surface area (Å²) in [5.74, 6) is 0.0709. The van der Waals surface area contributed by atoms with Crippen LogP contribution in [0.15, 0.2) is 65.9 Å². The fourth-order valence-corrected chi connectivity index (χ4v) is 4.06. The number of aromatic nitrogens is 2. The van der Waals surface area contributed by atoms with E-state index in [1.54, 1.807) is 16.8 Å². The van der Waals surface area contributed by atoms with Crippen LogP contribution in [0.2, 0.25) is 0 Å². The van der Waals surface area contributed by atoms with Crippen molar-refractivity contribution >= 4 is 22.4 Å². The number of nitrogens with zero attached hydrogens (tertiary/aromatic N) is 3. The van der Waals surface area contributed by atoms with Gasteiger partial charge in [0.15, 0.2) is 5.96 Å². The normalized spacial score (nSPS) is 15.5. The van der Waals surface area contributed by atoms with Crippen LogP contribution < -0.4 is 11.1 Å². The van der Waals surface area contributed by atoms with Crippen LogP contribution in [0.4, 0.5) is 10.1 Å². The quantitative estimate of drug-likeness (QED) is 0.487. The summed E-state index contributed by atoms with van der Waals surface area (Å²) in [5, 5.41) is 20.2. The number of hydrogen-bond acceptors (Lipinski definition) is 5. The Labute approximate surface area is 172 Å². The van der Waals surface area contributed by atoms with Crippen molar-refractivity contribution in [3.8, 4) is 5.75 Å². The number of fused-ring (bicyclic) bond motifs is 2. The molecule has 1 atom stereocenters. The Balaban J connectivity index is 1.67. The first-order valence-electron chi connectivity index (χ1n) is 9.60. The number of aromatic hydroxyl groups is 1. The number of nitrogens with one attached hydrogen (secondary N) is 1. The van der Waals surface area contributed by atoms with E-state index >= 15 is 0 Å². The summed E-state index contributed by atoms with van der Waals surface area (Å²) in [6.07, 6.45) is 4.50. The number of aliphatic imine (C=N–C) groups is 1. The van der Waals surface area contributed by atoms with E-state index < -0.39 is 6.04 Å². The molecule has 0 saturated heterocycles. The van der Waals surface area contributed by atoms with Gasteiger partial charge in [-0.3, -0.25) is 4.68 Å². The average molecular weight is 401 g/mol. The number of guanidine groups is 1. The molecule has 0 radical (unpaired) electrons. The number of halogens is 1. The standard InChI is InChI=1S/C23H20FN5O/c1-29-12-13(11-26-29)9-15-3-2-4-17-18(15)10-19-20(22(17)30)21(28-23(25)27-19)14-5-7-16(24)8-6-14/h2-8,10-12,21,30H,9H2,1H3,(H3,25,27,28). The first-order chi connectivity index (χ1) is 14.5. The SMILES string of the molecule is Cn1cc(Cc2cccc3c(O)c4c(cc23)NC(N)=NC4c2ccc(F)cc2)cn1. The third-order valence-corrected chi connectivity index (χ3v) is 5.43. The Morgan fingerprint density at radius 2 is 1.97 bits per heavy atom. The van der Waals surface area contributed by atoms with Gasteiger partial charge < -0.3 is 16.2 Å². The lowest BCUT2D eigenvalue weighted by Crippen LogP contribution is -2.28. The van der Waals surface area contributed by atoms with Crippen LogP contribution in [0.25, 0.3) is 10.8 Å². The van der Waals surface area contributed by atoms with Crippen LogP contribution in [0.5, 0.6) is 5.75 Å². The summed E-state index contributed by atoms with van der Waals surface area (Å²) < 4.78 is 15.2. The van der Waals surface area contributed by atoms with Gasteiger partial charge in [0, 0.05) is 30.6 Å². The molecule has 30 heavy (non-hydrogen) atoms. The molecule has 4 aromatic rings. The minimum Gasteiger partial charge on any atom is -0.507 e. The van der Waals surface area contributed by atoms with Crippen molar-refractivity contribution < 1.29 is 9.50 Å². The van der Waals surface area contributed by atoms with Crippen molar-refractivity contribution in [1.29, 1.82) is 0 Å². The smallest absolute Gasteiger partial charge is 0.194 e. The summed E-state index contributed by atoms with van der Waals surface area (Å²) in [4.78, 5) is 4.47. The summed E-state index contributed by atoms with van der Waals surface area (Å²) in [7, 11) is 1.89. The van der Waals surface area contributed by atoms with Gasteiger partial charge in [0.1, 0.15) is 17.6 Å². The van der Waals surface area contributed by atoms with Gasteiger partial charge in [0.05, 0.1) is 11.9 Å². The van der Waals surface area contributed by atoms with Gasteiger partial charge >= 0.3 is 0 Å². The van der Waals surface area contributed by atoms with Crippen molar-refractivity contribution in [2.24, 2.45) is 17.8 Å². The van der Waals surface area contributed by atoms with E-state index in [0.717, 1.165) is 27.5 Å². The highest BCUT2D eigenvalue weighted by molar-refractivity contribution is 6.02. The van der Waals surface area contributed by atoms with Crippen LogP contribution in [-0.2, 0) is 13.5 Å². The molecule has 1 aliphatic rings. The number of anilines is 1. The van der Waals surface area contributed by atoms with Gasteiger partial charge in [-0.25, -0.2) is 9.38 Å². The zero-order chi connectivity index (χ0) is 20.8. The number of phenolic OH excluding ortho intramolecular Hbond substituents is 1. The van der Waals surface area contributed by atoms with Gasteiger partial charge in [-0.2, -0.15) is 5.10 Å². The molecular weight excluding hydrogens is 381 g/mol. The molecular formula is C23H20FN5O. The van der Waals surface area contributed by atoms with Crippen molar-refractivity contribution in [3.63, 3.8) is 0 Å². The third kappa shape index (κ3) is 3.04. The van der Waals surface area contributed by atoms with E-state index in [2.05, 4.69) is 15.4 Å². The first-order valence-corrected chi connectivity index (χ1v) is 9.60. The molecule has 0 saturated carbocycles. The maximum atomic E-state index is 13.4. The molecule has 2 heterocycles. The summed E-state index contributed by atoms with van der Waals surface area (Å²) in [5.41, 5.74) is 10.3. The number of rotatable bonds is 3. The summed E-state index contributed by atoms with van der Waals surface area (Å²) in [6, 6.07) is 13.4. The van der Waals surface area contributed by atoms with Crippen molar-refractivity contribution in [1.82, 2.24) is 9.78 Å². The highest BCUT2D eigenvalue weighted by atomic mass is 19.1. The second-order valence-corrected chi connectivity index (χ2v) is 7.49. The largest absolute Gasteiger partial charge is 0.507 e. The Kier molecular flexibility index (Phi) is 4.17. The van der Waals surface area contributed by atoms with Gasteiger partial charge in [0.25, 0.3) is 0 Å². The van der Waals surface area contributed by atoms with Crippen LogP contribution >= 0.6 is 0 Å². The predicted molar refractivity (Wildman–Crippen MR) is 115 cm³/mol.